The third kappa shape index (κ3) is 3.76. The third-order valence-corrected chi connectivity index (χ3v) is 6.21. The molecule has 4 atom stereocenters. The number of halogens is 1. The highest BCUT2D eigenvalue weighted by molar-refractivity contribution is 7.08. The Balaban J connectivity index is 1.37. The molecule has 0 unspecified atom stereocenters. The average molecular weight is 375 g/mol. The first kappa shape index (κ1) is 17.5. The van der Waals surface area contributed by atoms with Crippen LogP contribution in [-0.4, -0.2) is 41.2 Å². The summed E-state index contributed by atoms with van der Waals surface area (Å²) in [6, 6.07) is 7.86. The van der Waals surface area contributed by atoms with E-state index in [0.29, 0.717) is 43.4 Å². The van der Waals surface area contributed by atoms with Crippen LogP contribution in [0.15, 0.2) is 41.1 Å². The number of fused-ring (bicyclic) bond motifs is 1. The van der Waals surface area contributed by atoms with Crippen molar-refractivity contribution in [2.45, 2.75) is 31.5 Å². The van der Waals surface area contributed by atoms with Crippen LogP contribution >= 0.6 is 11.3 Å². The molecule has 1 saturated heterocycles. The monoisotopic (exact) mass is 375 g/mol. The van der Waals surface area contributed by atoms with Crippen LogP contribution in [0.3, 0.4) is 0 Å². The number of thiophene rings is 1. The summed E-state index contributed by atoms with van der Waals surface area (Å²) < 4.78 is 18.9. The smallest absolute Gasteiger partial charge is 0.227 e. The lowest BCUT2D eigenvalue weighted by molar-refractivity contribution is -0.129. The molecule has 0 spiro atoms. The molecular formula is C20H22FNO3S. The van der Waals surface area contributed by atoms with Gasteiger partial charge in [0.25, 0.3) is 0 Å². The van der Waals surface area contributed by atoms with E-state index >= 15 is 0 Å². The van der Waals surface area contributed by atoms with Gasteiger partial charge in [0.05, 0.1) is 12.5 Å². The summed E-state index contributed by atoms with van der Waals surface area (Å²) in [5, 5.41) is 14.5. The van der Waals surface area contributed by atoms with Gasteiger partial charge in [-0.15, -0.1) is 0 Å². The first-order chi connectivity index (χ1) is 12.6. The van der Waals surface area contributed by atoms with Crippen LogP contribution in [0.4, 0.5) is 4.39 Å². The molecule has 1 amide bonds. The number of ether oxygens (including phenoxy) is 1. The fourth-order valence-corrected chi connectivity index (χ4v) is 4.76. The molecule has 1 aliphatic heterocycles. The summed E-state index contributed by atoms with van der Waals surface area (Å²) >= 11 is 1.60. The summed E-state index contributed by atoms with van der Waals surface area (Å²) in [6.07, 6.45) is 0.924. The maximum Gasteiger partial charge on any atom is 0.227 e. The number of amides is 1. The maximum absolute atomic E-state index is 13.0. The molecule has 2 fully saturated rings. The first-order valence-corrected chi connectivity index (χ1v) is 9.92. The van der Waals surface area contributed by atoms with Gasteiger partial charge in [-0.3, -0.25) is 4.79 Å². The molecular weight excluding hydrogens is 353 g/mol. The van der Waals surface area contributed by atoms with Crippen LogP contribution in [0.25, 0.3) is 0 Å². The quantitative estimate of drug-likeness (QED) is 0.893. The highest BCUT2D eigenvalue weighted by Gasteiger charge is 2.43. The lowest BCUT2D eigenvalue weighted by Crippen LogP contribution is -2.42. The van der Waals surface area contributed by atoms with Crippen LogP contribution in [-0.2, 0) is 11.2 Å². The second-order valence-corrected chi connectivity index (χ2v) is 8.06. The highest BCUT2D eigenvalue weighted by Crippen LogP contribution is 2.38. The molecule has 4 rings (SSSR count). The molecule has 138 valence electrons. The molecule has 0 radical (unpaired) electrons. The first-order valence-electron chi connectivity index (χ1n) is 8.97. The zero-order chi connectivity index (χ0) is 18.1. The second kappa shape index (κ2) is 7.37. The summed E-state index contributed by atoms with van der Waals surface area (Å²) in [5.41, 5.74) is 1.06. The molecule has 1 aromatic carbocycles. The number of nitrogens with zero attached hydrogens (tertiary/aromatic N) is 1. The van der Waals surface area contributed by atoms with Crippen molar-refractivity contribution in [3.8, 4) is 5.75 Å². The number of rotatable bonds is 4. The van der Waals surface area contributed by atoms with E-state index in [0.717, 1.165) is 12.1 Å². The molecule has 1 N–H and O–H groups in total. The van der Waals surface area contributed by atoms with E-state index in [-0.39, 0.29) is 17.8 Å². The van der Waals surface area contributed by atoms with Crippen molar-refractivity contribution in [1.82, 2.24) is 4.90 Å². The number of hydrogen-bond donors (Lipinski definition) is 1. The number of likely N-dealkylation sites (tertiary alicyclic amines) is 1. The number of aliphatic hydroxyl groups is 1. The van der Waals surface area contributed by atoms with Crippen LogP contribution in [0.5, 0.6) is 5.75 Å². The lowest BCUT2D eigenvalue weighted by atomic mass is 9.78. The molecule has 2 aromatic rings. The number of carbonyl (C=O) groups excluding carboxylic acids is 1. The zero-order valence-corrected chi connectivity index (χ0v) is 15.2. The van der Waals surface area contributed by atoms with Crippen LogP contribution < -0.4 is 4.74 Å². The highest BCUT2D eigenvalue weighted by atomic mass is 32.1. The Kier molecular flexibility index (Phi) is 4.96. The molecule has 6 heteroatoms. The van der Waals surface area contributed by atoms with E-state index in [2.05, 4.69) is 0 Å². The van der Waals surface area contributed by atoms with E-state index in [9.17, 15) is 14.3 Å². The lowest BCUT2D eigenvalue weighted by Gasteiger charge is -2.35. The van der Waals surface area contributed by atoms with Gasteiger partial charge < -0.3 is 14.7 Å². The van der Waals surface area contributed by atoms with Gasteiger partial charge in [0.1, 0.15) is 17.7 Å². The van der Waals surface area contributed by atoms with Crippen LogP contribution in [0, 0.1) is 17.7 Å². The van der Waals surface area contributed by atoms with Gasteiger partial charge in [0, 0.05) is 13.1 Å². The molecule has 2 heterocycles. The summed E-state index contributed by atoms with van der Waals surface area (Å²) in [5.74, 6) is 1.08. The summed E-state index contributed by atoms with van der Waals surface area (Å²) in [7, 11) is 0. The Hall–Kier alpha value is -1.92. The van der Waals surface area contributed by atoms with Crippen molar-refractivity contribution in [2.24, 2.45) is 11.8 Å². The minimum Gasteiger partial charge on any atom is -0.488 e. The Labute approximate surface area is 156 Å². The largest absolute Gasteiger partial charge is 0.488 e. The Morgan fingerprint density at radius 1 is 1.19 bits per heavy atom. The number of carbonyl (C=O) groups is 1. The summed E-state index contributed by atoms with van der Waals surface area (Å²) in [6.45, 7) is 1.44. The van der Waals surface area contributed by atoms with Gasteiger partial charge in [-0.2, -0.15) is 11.3 Å². The van der Waals surface area contributed by atoms with E-state index in [1.807, 2.05) is 21.7 Å². The van der Waals surface area contributed by atoms with E-state index in [4.69, 9.17) is 4.74 Å². The van der Waals surface area contributed by atoms with Crippen LogP contribution in [0.1, 0.15) is 18.4 Å². The van der Waals surface area contributed by atoms with Gasteiger partial charge in [-0.05, 0) is 71.3 Å². The van der Waals surface area contributed by atoms with Crippen molar-refractivity contribution in [2.75, 3.05) is 13.1 Å². The van der Waals surface area contributed by atoms with Crippen molar-refractivity contribution in [1.29, 1.82) is 0 Å². The Morgan fingerprint density at radius 3 is 2.62 bits per heavy atom. The topological polar surface area (TPSA) is 49.8 Å². The Morgan fingerprint density at radius 2 is 1.92 bits per heavy atom. The van der Waals surface area contributed by atoms with Gasteiger partial charge >= 0.3 is 0 Å². The molecule has 1 aliphatic carbocycles. The fourth-order valence-electron chi connectivity index (χ4n) is 4.09. The maximum atomic E-state index is 13.0. The number of aliphatic hydroxyl groups excluding tert-OH is 1. The molecule has 1 aromatic heterocycles. The van der Waals surface area contributed by atoms with Gasteiger partial charge in [-0.1, -0.05) is 0 Å². The second-order valence-electron chi connectivity index (χ2n) is 7.28. The normalized spacial score (nSPS) is 28.0. The minimum absolute atomic E-state index is 0.156. The predicted octanol–water partition coefficient (Wildman–Crippen LogP) is 3.11. The molecule has 1 saturated carbocycles. The van der Waals surface area contributed by atoms with E-state index in [1.165, 1.54) is 12.1 Å². The fraction of sp³-hybridized carbons (Fsp3) is 0.450. The average Bonchev–Trinajstić information content (AvgIpc) is 3.26. The molecule has 4 nitrogen and oxygen atoms in total. The summed E-state index contributed by atoms with van der Waals surface area (Å²) in [4.78, 5) is 14.5. The van der Waals surface area contributed by atoms with Gasteiger partial charge in [0.2, 0.25) is 5.91 Å². The Bertz CT molecular complexity index is 749. The molecule has 26 heavy (non-hydrogen) atoms. The van der Waals surface area contributed by atoms with Crippen LogP contribution in [0.2, 0.25) is 0 Å². The number of hydrogen-bond acceptors (Lipinski definition) is 4. The minimum atomic E-state index is -0.562. The van der Waals surface area contributed by atoms with Crippen molar-refractivity contribution >= 4 is 17.2 Å². The van der Waals surface area contributed by atoms with Crippen molar-refractivity contribution in [3.63, 3.8) is 0 Å². The van der Waals surface area contributed by atoms with E-state index < -0.39 is 6.10 Å². The van der Waals surface area contributed by atoms with Gasteiger partial charge in [0.15, 0.2) is 0 Å². The molecule has 0 bridgehead atoms. The number of benzene rings is 1. The third-order valence-electron chi connectivity index (χ3n) is 5.47. The van der Waals surface area contributed by atoms with Gasteiger partial charge in [-0.25, -0.2) is 4.39 Å². The van der Waals surface area contributed by atoms with E-state index in [1.54, 1.807) is 23.5 Å². The zero-order valence-electron chi connectivity index (χ0n) is 14.4. The van der Waals surface area contributed by atoms with Crippen molar-refractivity contribution < 1.29 is 19.0 Å². The standard InChI is InChI=1S/C20H22FNO3S/c21-16-1-3-17(4-2-16)25-19-9-15-11-22(10-14(15)8-18(19)23)20(24)7-13-5-6-26-12-13/h1-6,12,14-15,18-19,23H,7-11H2/t14-,15+,18+,19+/m0/s1. The predicted molar refractivity (Wildman–Crippen MR) is 97.6 cm³/mol. The van der Waals surface area contributed by atoms with Crippen molar-refractivity contribution in [3.05, 3.63) is 52.5 Å². The molecule has 2 aliphatic rings. The SMILES string of the molecule is O=C(Cc1ccsc1)N1C[C@H]2C[C@@H](Oc3ccc(F)cc3)[C@H](O)C[C@H]2C1.